The highest BCUT2D eigenvalue weighted by Gasteiger charge is 2.31. The topological polar surface area (TPSA) is 92.7 Å². The number of rotatable bonds is 5. The Morgan fingerprint density at radius 3 is 2.60 bits per heavy atom. The number of hydrogen-bond donors (Lipinski definition) is 0. The molecule has 1 saturated carbocycles. The zero-order valence-electron chi connectivity index (χ0n) is 14.2. The van der Waals surface area contributed by atoms with Gasteiger partial charge in [-0.15, -0.1) is 10.2 Å². The molecule has 0 aromatic carbocycles. The minimum absolute atomic E-state index is 0.0733. The van der Waals surface area contributed by atoms with Crippen LogP contribution in [0.15, 0.2) is 26.3 Å². The fourth-order valence-corrected chi connectivity index (χ4v) is 4.49. The van der Waals surface area contributed by atoms with Crippen molar-refractivity contribution in [3.63, 3.8) is 0 Å². The summed E-state index contributed by atoms with van der Waals surface area (Å²) in [7, 11) is -3.63. The first-order chi connectivity index (χ1) is 12.1. The van der Waals surface area contributed by atoms with Gasteiger partial charge in [-0.05, 0) is 19.4 Å². The zero-order chi connectivity index (χ0) is 17.4. The summed E-state index contributed by atoms with van der Waals surface area (Å²) in [4.78, 5) is 2.22. The predicted octanol–water partition coefficient (Wildman–Crippen LogP) is 1.92. The molecule has 0 bridgehead atoms. The first kappa shape index (κ1) is 16.7. The molecule has 0 spiro atoms. The van der Waals surface area contributed by atoms with E-state index in [0.29, 0.717) is 36.4 Å². The monoisotopic (exact) mass is 366 g/mol. The van der Waals surface area contributed by atoms with Gasteiger partial charge in [0.25, 0.3) is 15.9 Å². The van der Waals surface area contributed by atoms with Crippen LogP contribution in [-0.4, -0.2) is 60.5 Å². The molecule has 0 amide bonds. The van der Waals surface area contributed by atoms with Crippen molar-refractivity contribution in [2.45, 2.75) is 37.2 Å². The molecular formula is C16H22N4O4S. The van der Waals surface area contributed by atoms with Gasteiger partial charge in [0.1, 0.15) is 6.26 Å². The van der Waals surface area contributed by atoms with E-state index in [-0.39, 0.29) is 5.09 Å². The maximum absolute atomic E-state index is 12.7. The van der Waals surface area contributed by atoms with E-state index in [9.17, 15) is 8.42 Å². The molecule has 0 N–H and O–H groups in total. The Balaban J connectivity index is 1.51. The van der Waals surface area contributed by atoms with E-state index >= 15 is 0 Å². The van der Waals surface area contributed by atoms with Gasteiger partial charge in [-0.3, -0.25) is 0 Å². The summed E-state index contributed by atoms with van der Waals surface area (Å²) in [5.74, 6) is 1.27. The molecule has 4 rings (SSSR count). The molecule has 1 saturated heterocycles. The highest BCUT2D eigenvalue weighted by molar-refractivity contribution is 7.89. The van der Waals surface area contributed by atoms with Crippen molar-refractivity contribution in [3.05, 3.63) is 18.2 Å². The number of aromatic nitrogens is 2. The summed E-state index contributed by atoms with van der Waals surface area (Å²) in [6.07, 6.45) is 4.68. The molecule has 2 aromatic rings. The van der Waals surface area contributed by atoms with Crippen molar-refractivity contribution in [3.8, 4) is 11.5 Å². The van der Waals surface area contributed by atoms with E-state index < -0.39 is 10.0 Å². The molecule has 0 radical (unpaired) electrons. The number of hydrogen-bond acceptors (Lipinski definition) is 7. The highest BCUT2D eigenvalue weighted by atomic mass is 32.2. The summed E-state index contributed by atoms with van der Waals surface area (Å²) < 4.78 is 38.0. The average molecular weight is 366 g/mol. The number of nitrogens with zero attached hydrogens (tertiary/aromatic N) is 4. The highest BCUT2D eigenvalue weighted by Crippen LogP contribution is 2.36. The zero-order valence-corrected chi connectivity index (χ0v) is 15.0. The van der Waals surface area contributed by atoms with Crippen LogP contribution in [0, 0.1) is 0 Å². The van der Waals surface area contributed by atoms with Crippen LogP contribution < -0.4 is 0 Å². The lowest BCUT2D eigenvalue weighted by Gasteiger charge is -2.32. The summed E-state index contributed by atoms with van der Waals surface area (Å²) in [6, 6.07) is 1.47. The summed E-state index contributed by atoms with van der Waals surface area (Å²) in [5, 5.41) is 8.02. The number of piperazine rings is 1. The van der Waals surface area contributed by atoms with Gasteiger partial charge in [0, 0.05) is 38.2 Å². The van der Waals surface area contributed by atoms with Crippen molar-refractivity contribution in [1.82, 2.24) is 19.4 Å². The molecule has 9 heteroatoms. The minimum Gasteiger partial charge on any atom is -0.451 e. The van der Waals surface area contributed by atoms with Gasteiger partial charge in [-0.2, -0.15) is 4.31 Å². The minimum atomic E-state index is -3.63. The normalized spacial score (nSPS) is 20.7. The maximum Gasteiger partial charge on any atom is 0.276 e. The van der Waals surface area contributed by atoms with Gasteiger partial charge in [0.15, 0.2) is 0 Å². The van der Waals surface area contributed by atoms with E-state index in [1.54, 1.807) is 0 Å². The van der Waals surface area contributed by atoms with Crippen LogP contribution in [0.5, 0.6) is 0 Å². The van der Waals surface area contributed by atoms with Gasteiger partial charge < -0.3 is 13.7 Å². The molecule has 2 fully saturated rings. The summed E-state index contributed by atoms with van der Waals surface area (Å²) in [5.41, 5.74) is 0.504. The van der Waals surface area contributed by atoms with E-state index in [0.717, 1.165) is 32.5 Å². The second kappa shape index (κ2) is 6.54. The van der Waals surface area contributed by atoms with Crippen LogP contribution in [0.3, 0.4) is 0 Å². The van der Waals surface area contributed by atoms with Gasteiger partial charge in [0.05, 0.1) is 5.56 Å². The number of furan rings is 1. The maximum atomic E-state index is 12.7. The van der Waals surface area contributed by atoms with E-state index in [1.165, 1.54) is 23.1 Å². The lowest BCUT2D eigenvalue weighted by Crippen LogP contribution is -2.48. The van der Waals surface area contributed by atoms with Crippen LogP contribution in [-0.2, 0) is 10.0 Å². The lowest BCUT2D eigenvalue weighted by atomic mass is 9.85. The number of sulfonamides is 1. The van der Waals surface area contributed by atoms with Crippen LogP contribution >= 0.6 is 0 Å². The third-order valence-electron chi connectivity index (χ3n) is 5.09. The summed E-state index contributed by atoms with van der Waals surface area (Å²) in [6.45, 7) is 5.41. The smallest absolute Gasteiger partial charge is 0.276 e. The molecule has 0 unspecified atom stereocenters. The van der Waals surface area contributed by atoms with Crippen LogP contribution in [0.2, 0.25) is 0 Å². The Labute approximate surface area is 146 Å². The fraction of sp³-hybridized carbons (Fsp3) is 0.625. The van der Waals surface area contributed by atoms with Crippen molar-refractivity contribution in [2.24, 2.45) is 0 Å². The van der Waals surface area contributed by atoms with Crippen LogP contribution in [0.25, 0.3) is 11.5 Å². The molecule has 25 heavy (non-hydrogen) atoms. The third kappa shape index (κ3) is 3.11. The van der Waals surface area contributed by atoms with Crippen molar-refractivity contribution < 1.29 is 17.3 Å². The van der Waals surface area contributed by atoms with E-state index in [4.69, 9.17) is 8.83 Å². The van der Waals surface area contributed by atoms with Gasteiger partial charge >= 0.3 is 0 Å². The quantitative estimate of drug-likeness (QED) is 0.798. The Hall–Kier alpha value is -1.71. The Morgan fingerprint density at radius 1 is 1.20 bits per heavy atom. The van der Waals surface area contributed by atoms with E-state index in [2.05, 4.69) is 22.0 Å². The predicted molar refractivity (Wildman–Crippen MR) is 89.5 cm³/mol. The average Bonchev–Trinajstić information content (AvgIpc) is 3.22. The SMILES string of the molecule is CCN1CCN(S(=O)(=O)c2cc(-c3nnc(C4CCC4)o3)co2)CC1. The Morgan fingerprint density at radius 2 is 1.96 bits per heavy atom. The standard InChI is InChI=1S/C16H22N4O4S/c1-2-19-6-8-20(9-7-19)25(21,22)14-10-13(11-23-14)16-18-17-15(24-16)12-4-3-5-12/h10-12H,2-9H2,1H3. The second-order valence-electron chi connectivity index (χ2n) is 6.57. The molecular weight excluding hydrogens is 344 g/mol. The lowest BCUT2D eigenvalue weighted by molar-refractivity contribution is 0.194. The Kier molecular flexibility index (Phi) is 4.38. The molecule has 8 nitrogen and oxygen atoms in total. The third-order valence-corrected chi connectivity index (χ3v) is 6.86. The van der Waals surface area contributed by atoms with Crippen LogP contribution in [0.4, 0.5) is 0 Å². The van der Waals surface area contributed by atoms with Gasteiger partial charge in [-0.25, -0.2) is 8.42 Å². The summed E-state index contributed by atoms with van der Waals surface area (Å²) >= 11 is 0. The molecule has 0 atom stereocenters. The first-order valence-electron chi connectivity index (χ1n) is 8.72. The molecule has 2 aromatic heterocycles. The van der Waals surface area contributed by atoms with Crippen molar-refractivity contribution in [2.75, 3.05) is 32.7 Å². The molecule has 1 aliphatic carbocycles. The molecule has 136 valence electrons. The van der Waals surface area contributed by atoms with Crippen LogP contribution in [0.1, 0.15) is 38.0 Å². The van der Waals surface area contributed by atoms with Crippen molar-refractivity contribution in [1.29, 1.82) is 0 Å². The van der Waals surface area contributed by atoms with Crippen molar-refractivity contribution >= 4 is 10.0 Å². The van der Waals surface area contributed by atoms with Gasteiger partial charge in [-0.1, -0.05) is 13.3 Å². The molecule has 1 aliphatic heterocycles. The molecule has 3 heterocycles. The largest absolute Gasteiger partial charge is 0.451 e. The first-order valence-corrected chi connectivity index (χ1v) is 10.2. The van der Waals surface area contributed by atoms with Gasteiger partial charge in [0.2, 0.25) is 11.0 Å². The van der Waals surface area contributed by atoms with E-state index in [1.807, 2.05) is 0 Å². The fourth-order valence-electron chi connectivity index (χ4n) is 3.15. The second-order valence-corrected chi connectivity index (χ2v) is 8.43. The Bertz CT molecular complexity index is 832. The number of likely N-dealkylation sites (N-methyl/N-ethyl adjacent to an activating group) is 1. The molecule has 2 aliphatic rings.